The van der Waals surface area contributed by atoms with Crippen molar-refractivity contribution in [3.05, 3.63) is 22.5 Å². The molecular formula is C19H27N5O3S. The topological polar surface area (TPSA) is 93.1 Å². The van der Waals surface area contributed by atoms with Crippen LogP contribution in [0, 0.1) is 13.8 Å². The first-order valence-electron chi connectivity index (χ1n) is 9.52. The minimum absolute atomic E-state index is 0.0357. The van der Waals surface area contributed by atoms with Gasteiger partial charge in [0.25, 0.3) is 0 Å². The van der Waals surface area contributed by atoms with E-state index in [1.54, 1.807) is 0 Å². The Kier molecular flexibility index (Phi) is 6.24. The number of aromatic amines is 1. The lowest BCUT2D eigenvalue weighted by Crippen LogP contribution is -2.38. The Hall–Kier alpha value is -2.13. The summed E-state index contributed by atoms with van der Waals surface area (Å²) in [6.45, 7) is 12.7. The van der Waals surface area contributed by atoms with Crippen molar-refractivity contribution in [3.63, 3.8) is 0 Å². The van der Waals surface area contributed by atoms with Gasteiger partial charge in [0.1, 0.15) is 0 Å². The lowest BCUT2D eigenvalue weighted by Gasteiger charge is -2.27. The van der Waals surface area contributed by atoms with E-state index in [9.17, 15) is 9.59 Å². The predicted octanol–water partition coefficient (Wildman–Crippen LogP) is 2.65. The average Bonchev–Trinajstić information content (AvgIpc) is 3.21. The molecule has 8 nitrogen and oxygen atoms in total. The number of carbonyl (C=O) groups is 2. The number of nitrogens with one attached hydrogen (secondary N) is 1. The molecule has 1 atom stereocenters. The van der Waals surface area contributed by atoms with Crippen LogP contribution >= 0.6 is 11.8 Å². The Morgan fingerprint density at radius 1 is 1.25 bits per heavy atom. The number of aryl methyl sites for hydroxylation is 1. The number of morpholine rings is 1. The van der Waals surface area contributed by atoms with Crippen LogP contribution in [0.15, 0.2) is 5.16 Å². The van der Waals surface area contributed by atoms with E-state index in [1.165, 1.54) is 18.7 Å². The number of Topliss-reactive ketones (excluding diaryl/α,β-unsaturated/α-hetero) is 2. The zero-order valence-electron chi connectivity index (χ0n) is 17.0. The number of carbonyl (C=O) groups excluding carboxylic acids is 2. The van der Waals surface area contributed by atoms with Crippen molar-refractivity contribution in [1.29, 1.82) is 0 Å². The molecule has 0 amide bonds. The van der Waals surface area contributed by atoms with Crippen molar-refractivity contribution in [2.75, 3.05) is 31.2 Å². The van der Waals surface area contributed by atoms with Gasteiger partial charge in [-0.3, -0.25) is 14.2 Å². The molecule has 1 fully saturated rings. The molecule has 9 heteroatoms. The summed E-state index contributed by atoms with van der Waals surface area (Å²) in [6.07, 6.45) is 0. The highest BCUT2D eigenvalue weighted by molar-refractivity contribution is 8.00. The van der Waals surface area contributed by atoms with E-state index in [2.05, 4.69) is 20.1 Å². The molecule has 152 valence electrons. The second-order valence-corrected chi connectivity index (χ2v) is 8.24. The van der Waals surface area contributed by atoms with Crippen molar-refractivity contribution in [1.82, 2.24) is 19.7 Å². The van der Waals surface area contributed by atoms with E-state index in [1.807, 2.05) is 32.3 Å². The number of rotatable bonds is 7. The van der Waals surface area contributed by atoms with Crippen LogP contribution in [0.5, 0.6) is 0 Å². The van der Waals surface area contributed by atoms with Gasteiger partial charge in [-0.1, -0.05) is 11.8 Å². The molecule has 0 bridgehead atoms. The maximum atomic E-state index is 13.0. The van der Waals surface area contributed by atoms with Gasteiger partial charge in [-0.25, -0.2) is 0 Å². The summed E-state index contributed by atoms with van der Waals surface area (Å²) in [7, 11) is 0. The third-order valence-electron chi connectivity index (χ3n) is 4.99. The second-order valence-electron chi connectivity index (χ2n) is 6.93. The standard InChI is InChI=1S/C19H27N5O3S/c1-6-24-18(23-7-9-27-10-8-23)21-22-19(24)28-14(5)17(26)16-11(2)15(13(4)25)12(3)20-16/h14,20H,6-10H2,1-5H3/t14-/m1/s1. The number of hydrogen-bond donors (Lipinski definition) is 1. The fraction of sp³-hybridized carbons (Fsp3) is 0.579. The molecule has 3 rings (SSSR count). The van der Waals surface area contributed by atoms with Gasteiger partial charge in [0.05, 0.1) is 24.2 Å². The van der Waals surface area contributed by atoms with Gasteiger partial charge in [0.15, 0.2) is 16.7 Å². The Balaban J connectivity index is 1.80. The monoisotopic (exact) mass is 405 g/mol. The summed E-state index contributed by atoms with van der Waals surface area (Å²) in [5, 5.41) is 9.04. The Morgan fingerprint density at radius 3 is 2.50 bits per heavy atom. The van der Waals surface area contributed by atoms with Crippen LogP contribution in [0.4, 0.5) is 5.95 Å². The minimum atomic E-state index is -0.358. The maximum absolute atomic E-state index is 13.0. The number of H-pyrrole nitrogens is 1. The lowest BCUT2D eigenvalue weighted by molar-refractivity contribution is 0.0988. The summed E-state index contributed by atoms with van der Waals surface area (Å²) >= 11 is 1.39. The highest BCUT2D eigenvalue weighted by atomic mass is 32.2. The molecule has 1 N–H and O–H groups in total. The van der Waals surface area contributed by atoms with Gasteiger partial charge in [-0.05, 0) is 40.2 Å². The molecule has 0 radical (unpaired) electrons. The molecule has 0 unspecified atom stereocenters. The van der Waals surface area contributed by atoms with Crippen molar-refractivity contribution in [2.45, 2.75) is 51.6 Å². The smallest absolute Gasteiger partial charge is 0.228 e. The lowest BCUT2D eigenvalue weighted by atomic mass is 10.0. The van der Waals surface area contributed by atoms with Crippen LogP contribution in [-0.2, 0) is 11.3 Å². The molecular weight excluding hydrogens is 378 g/mol. The molecule has 1 aliphatic rings. The second kappa shape index (κ2) is 8.48. The Labute approximate surface area is 169 Å². The molecule has 0 saturated carbocycles. The number of nitrogens with zero attached hydrogens (tertiary/aromatic N) is 4. The Morgan fingerprint density at radius 2 is 1.93 bits per heavy atom. The van der Waals surface area contributed by atoms with Crippen molar-refractivity contribution < 1.29 is 14.3 Å². The van der Waals surface area contributed by atoms with Crippen LogP contribution in [0.2, 0.25) is 0 Å². The number of anilines is 1. The number of aromatic nitrogens is 4. The van der Waals surface area contributed by atoms with Gasteiger partial charge < -0.3 is 14.6 Å². The van der Waals surface area contributed by atoms with E-state index < -0.39 is 0 Å². The molecule has 0 aliphatic carbocycles. The van der Waals surface area contributed by atoms with Crippen LogP contribution < -0.4 is 4.90 Å². The Bertz CT molecular complexity index is 883. The summed E-state index contributed by atoms with van der Waals surface area (Å²) in [5.74, 6) is 0.738. The SMILES string of the molecule is CCn1c(S[C@H](C)C(=O)c2[nH]c(C)c(C(C)=O)c2C)nnc1N1CCOCC1. The number of thioether (sulfide) groups is 1. The van der Waals surface area contributed by atoms with Gasteiger partial charge in [-0.15, -0.1) is 10.2 Å². The molecule has 0 spiro atoms. The zero-order valence-corrected chi connectivity index (χ0v) is 17.9. The van der Waals surface area contributed by atoms with E-state index in [4.69, 9.17) is 4.74 Å². The highest BCUT2D eigenvalue weighted by Gasteiger charge is 2.27. The van der Waals surface area contributed by atoms with E-state index in [-0.39, 0.29) is 16.8 Å². The third-order valence-corrected chi connectivity index (χ3v) is 6.08. The predicted molar refractivity (Wildman–Crippen MR) is 109 cm³/mol. The molecule has 2 aromatic heterocycles. The van der Waals surface area contributed by atoms with E-state index >= 15 is 0 Å². The average molecular weight is 406 g/mol. The third kappa shape index (κ3) is 3.86. The fourth-order valence-corrected chi connectivity index (χ4v) is 4.55. The van der Waals surface area contributed by atoms with Gasteiger partial charge in [0.2, 0.25) is 5.95 Å². The largest absolute Gasteiger partial charge is 0.378 e. The van der Waals surface area contributed by atoms with Gasteiger partial charge in [-0.2, -0.15) is 0 Å². The quantitative estimate of drug-likeness (QED) is 0.559. The van der Waals surface area contributed by atoms with Crippen molar-refractivity contribution in [2.24, 2.45) is 0 Å². The summed E-state index contributed by atoms with van der Waals surface area (Å²) in [6, 6.07) is 0. The fourth-order valence-electron chi connectivity index (χ4n) is 3.58. The van der Waals surface area contributed by atoms with Crippen molar-refractivity contribution in [3.8, 4) is 0 Å². The van der Waals surface area contributed by atoms with E-state index in [0.29, 0.717) is 30.0 Å². The first kappa shape index (κ1) is 20.6. The molecule has 3 heterocycles. The first-order valence-corrected chi connectivity index (χ1v) is 10.4. The van der Waals surface area contributed by atoms with Crippen LogP contribution in [-0.4, -0.2) is 62.9 Å². The minimum Gasteiger partial charge on any atom is -0.378 e. The van der Waals surface area contributed by atoms with E-state index in [0.717, 1.165) is 36.4 Å². The number of ketones is 2. The normalized spacial score (nSPS) is 15.7. The molecule has 1 saturated heterocycles. The van der Waals surface area contributed by atoms with Crippen molar-refractivity contribution >= 4 is 29.3 Å². The van der Waals surface area contributed by atoms with Crippen LogP contribution in [0.3, 0.4) is 0 Å². The molecule has 28 heavy (non-hydrogen) atoms. The highest BCUT2D eigenvalue weighted by Crippen LogP contribution is 2.29. The summed E-state index contributed by atoms with van der Waals surface area (Å²) < 4.78 is 7.44. The zero-order chi connectivity index (χ0) is 20.4. The number of hydrogen-bond acceptors (Lipinski definition) is 7. The van der Waals surface area contributed by atoms with Crippen LogP contribution in [0.25, 0.3) is 0 Å². The van der Waals surface area contributed by atoms with Gasteiger partial charge in [0, 0.05) is 30.9 Å². The maximum Gasteiger partial charge on any atom is 0.228 e. The first-order chi connectivity index (χ1) is 13.3. The molecule has 1 aliphatic heterocycles. The summed E-state index contributed by atoms with van der Waals surface area (Å²) in [5.41, 5.74) is 2.55. The molecule has 2 aromatic rings. The van der Waals surface area contributed by atoms with Gasteiger partial charge >= 0.3 is 0 Å². The number of ether oxygens (including phenoxy) is 1. The summed E-state index contributed by atoms with van der Waals surface area (Å²) in [4.78, 5) is 30.1. The van der Waals surface area contributed by atoms with Crippen LogP contribution in [0.1, 0.15) is 52.9 Å². The molecule has 0 aromatic carbocycles.